The van der Waals surface area contributed by atoms with Crippen LogP contribution in [0.15, 0.2) is 58.8 Å². The van der Waals surface area contributed by atoms with Gasteiger partial charge in [0.15, 0.2) is 0 Å². The normalized spacial score (nSPS) is 16.2. The first-order valence-corrected chi connectivity index (χ1v) is 17.6. The summed E-state index contributed by atoms with van der Waals surface area (Å²) in [7, 11) is 1.48. The minimum atomic E-state index is -0.847. The first-order chi connectivity index (χ1) is 22.7. The van der Waals surface area contributed by atoms with Crippen LogP contribution in [0.2, 0.25) is 0 Å². The number of nitrogens with zero attached hydrogens (tertiary/aromatic N) is 3. The number of azo groups is 1. The summed E-state index contributed by atoms with van der Waals surface area (Å²) in [5.41, 5.74) is -1.16. The van der Waals surface area contributed by atoms with Gasteiger partial charge in [0.2, 0.25) is 0 Å². The number of benzene rings is 2. The fraction of sp³-hybridized carbons (Fsp3) is 0.634. The molecule has 2 rings (SSSR count). The number of methoxy groups -OCH3 is 1. The SMILES string of the molecule is CCC(C)(C)CC(C)(C(=O)OC)C(C)(CC)C(C)(C)CC(C)(C(=O)OCCOc1ccc(N=Nc2ccc(C#N)cc2)cc1)C(C)(C)CC. The summed E-state index contributed by atoms with van der Waals surface area (Å²) < 4.78 is 17.4. The van der Waals surface area contributed by atoms with Gasteiger partial charge in [-0.2, -0.15) is 15.5 Å². The lowest BCUT2D eigenvalue weighted by molar-refractivity contribution is -0.184. The standard InChI is InChI=1S/C41H61N3O5/c1-14-36(4,5)28-40(11,34(45)47-13)41(12,16-3)38(8,9)29-39(10,37(6,7)15-2)35(46)49-26-25-48-33-23-21-32(22-24-33)44-43-31-19-17-30(27-42)18-20-31/h17-24H,14-16,25-26,28-29H2,1-13H3. The molecule has 0 fully saturated rings. The third kappa shape index (κ3) is 9.29. The lowest BCUT2D eigenvalue weighted by Crippen LogP contribution is -2.57. The number of carbonyl (C=O) groups excluding carboxylic acids is 2. The van der Waals surface area contributed by atoms with Gasteiger partial charge in [0.05, 0.1) is 40.9 Å². The van der Waals surface area contributed by atoms with E-state index < -0.39 is 21.7 Å². The maximum atomic E-state index is 14.2. The van der Waals surface area contributed by atoms with Gasteiger partial charge in [0.25, 0.3) is 0 Å². The zero-order valence-corrected chi connectivity index (χ0v) is 32.5. The van der Waals surface area contributed by atoms with Crippen LogP contribution in [-0.4, -0.2) is 32.3 Å². The number of ether oxygens (including phenoxy) is 3. The van der Waals surface area contributed by atoms with Crippen molar-refractivity contribution in [3.63, 3.8) is 0 Å². The lowest BCUT2D eigenvalue weighted by Gasteiger charge is -2.58. The number of hydrogen-bond acceptors (Lipinski definition) is 8. The molecule has 3 atom stereocenters. The van der Waals surface area contributed by atoms with Crippen molar-refractivity contribution in [2.24, 2.45) is 42.7 Å². The Kier molecular flexibility index (Phi) is 13.8. The molecule has 0 aliphatic heterocycles. The van der Waals surface area contributed by atoms with Crippen LogP contribution in [0, 0.1) is 43.8 Å². The molecule has 3 unspecified atom stereocenters. The quantitative estimate of drug-likeness (QED) is 0.0883. The Labute approximate surface area is 296 Å². The Morgan fingerprint density at radius 1 is 0.673 bits per heavy atom. The average Bonchev–Trinajstić information content (AvgIpc) is 3.08. The Morgan fingerprint density at radius 3 is 1.65 bits per heavy atom. The monoisotopic (exact) mass is 675 g/mol. The third-order valence-electron chi connectivity index (χ3n) is 12.2. The maximum absolute atomic E-state index is 14.2. The second-order valence-corrected chi connectivity index (χ2v) is 16.2. The Hall–Kier alpha value is -3.73. The smallest absolute Gasteiger partial charge is 0.312 e. The predicted molar refractivity (Wildman–Crippen MR) is 196 cm³/mol. The molecule has 8 nitrogen and oxygen atoms in total. The van der Waals surface area contributed by atoms with Crippen LogP contribution in [-0.2, 0) is 19.1 Å². The molecular weight excluding hydrogens is 614 g/mol. The molecule has 0 saturated heterocycles. The number of hydrogen-bond donors (Lipinski definition) is 0. The molecular formula is C41H61N3O5. The zero-order chi connectivity index (χ0) is 37.3. The van der Waals surface area contributed by atoms with E-state index in [9.17, 15) is 9.59 Å². The highest BCUT2D eigenvalue weighted by Crippen LogP contribution is 2.63. The Morgan fingerprint density at radius 2 is 1.20 bits per heavy atom. The van der Waals surface area contributed by atoms with Crippen LogP contribution in [0.4, 0.5) is 11.4 Å². The molecule has 0 radical (unpaired) electrons. The molecule has 0 amide bonds. The van der Waals surface area contributed by atoms with Crippen molar-refractivity contribution in [1.82, 2.24) is 0 Å². The van der Waals surface area contributed by atoms with Crippen molar-refractivity contribution in [2.75, 3.05) is 20.3 Å². The summed E-state index contributed by atoms with van der Waals surface area (Å²) in [6.07, 6.45) is 3.66. The van der Waals surface area contributed by atoms with Gasteiger partial charge in [-0.1, -0.05) is 75.7 Å². The van der Waals surface area contributed by atoms with Crippen LogP contribution in [0.3, 0.4) is 0 Å². The van der Waals surface area contributed by atoms with Gasteiger partial charge >= 0.3 is 11.9 Å². The Bertz CT molecular complexity index is 1470. The van der Waals surface area contributed by atoms with Crippen molar-refractivity contribution in [2.45, 2.75) is 115 Å². The minimum absolute atomic E-state index is 0.0725. The van der Waals surface area contributed by atoms with Gasteiger partial charge in [0.1, 0.15) is 19.0 Å². The summed E-state index contributed by atoms with van der Waals surface area (Å²) in [4.78, 5) is 27.9. The highest BCUT2D eigenvalue weighted by Gasteiger charge is 2.61. The van der Waals surface area contributed by atoms with Crippen LogP contribution in [0.1, 0.15) is 121 Å². The lowest BCUT2D eigenvalue weighted by atomic mass is 9.45. The third-order valence-corrected chi connectivity index (χ3v) is 12.2. The summed E-state index contributed by atoms with van der Waals surface area (Å²) in [5.74, 6) is 0.161. The number of rotatable bonds is 18. The van der Waals surface area contributed by atoms with E-state index in [0.717, 1.165) is 19.3 Å². The van der Waals surface area contributed by atoms with E-state index in [1.54, 1.807) is 48.5 Å². The highest BCUT2D eigenvalue weighted by molar-refractivity contribution is 5.79. The molecule has 2 aromatic rings. The molecule has 49 heavy (non-hydrogen) atoms. The van der Waals surface area contributed by atoms with Crippen LogP contribution < -0.4 is 4.74 Å². The maximum Gasteiger partial charge on any atom is 0.312 e. The van der Waals surface area contributed by atoms with Gasteiger partial charge < -0.3 is 14.2 Å². The topological polar surface area (TPSA) is 110 Å². The average molecular weight is 676 g/mol. The van der Waals surface area contributed by atoms with E-state index in [-0.39, 0.29) is 36.0 Å². The van der Waals surface area contributed by atoms with Gasteiger partial charge in [0, 0.05) is 0 Å². The van der Waals surface area contributed by atoms with Gasteiger partial charge in [-0.15, -0.1) is 0 Å². The molecule has 8 heteroatoms. The van der Waals surface area contributed by atoms with Gasteiger partial charge in [-0.25, -0.2) is 0 Å². The van der Waals surface area contributed by atoms with E-state index in [1.165, 1.54) is 7.11 Å². The highest BCUT2D eigenvalue weighted by atomic mass is 16.6. The molecule has 0 aromatic heterocycles. The zero-order valence-electron chi connectivity index (χ0n) is 32.5. The number of esters is 2. The summed E-state index contributed by atoms with van der Waals surface area (Å²) >= 11 is 0. The summed E-state index contributed by atoms with van der Waals surface area (Å²) in [6.45, 7) is 26.1. The molecule has 0 aliphatic rings. The predicted octanol–water partition coefficient (Wildman–Crippen LogP) is 11.2. The molecule has 270 valence electrons. The largest absolute Gasteiger partial charge is 0.490 e. The van der Waals surface area contributed by atoms with E-state index in [0.29, 0.717) is 35.5 Å². The molecule has 0 saturated carbocycles. The van der Waals surface area contributed by atoms with Gasteiger partial charge in [-0.05, 0) is 110 Å². The van der Waals surface area contributed by atoms with E-state index in [4.69, 9.17) is 19.5 Å². The Balaban J connectivity index is 2.22. The molecule has 0 aliphatic carbocycles. The first-order valence-electron chi connectivity index (χ1n) is 17.6. The van der Waals surface area contributed by atoms with Crippen LogP contribution in [0.25, 0.3) is 0 Å². The molecule has 0 heterocycles. The van der Waals surface area contributed by atoms with Crippen molar-refractivity contribution < 1.29 is 23.8 Å². The van der Waals surface area contributed by atoms with Crippen molar-refractivity contribution in [3.05, 3.63) is 54.1 Å². The number of nitriles is 1. The van der Waals surface area contributed by atoms with Crippen molar-refractivity contribution >= 4 is 23.3 Å². The van der Waals surface area contributed by atoms with Crippen LogP contribution >= 0.6 is 0 Å². The summed E-state index contributed by atoms with van der Waals surface area (Å²) in [5, 5.41) is 17.4. The van der Waals surface area contributed by atoms with E-state index in [2.05, 4.69) is 92.5 Å². The second kappa shape index (κ2) is 16.3. The second-order valence-electron chi connectivity index (χ2n) is 16.2. The van der Waals surface area contributed by atoms with E-state index in [1.807, 2.05) is 6.92 Å². The van der Waals surface area contributed by atoms with Crippen LogP contribution in [0.5, 0.6) is 5.75 Å². The first kappa shape index (κ1) is 41.4. The van der Waals surface area contributed by atoms with E-state index >= 15 is 0 Å². The van der Waals surface area contributed by atoms with Crippen molar-refractivity contribution in [1.29, 1.82) is 5.26 Å². The molecule has 0 spiro atoms. The molecule has 0 N–H and O–H groups in total. The summed E-state index contributed by atoms with van der Waals surface area (Å²) in [6, 6.07) is 16.1. The van der Waals surface area contributed by atoms with Crippen molar-refractivity contribution in [3.8, 4) is 11.8 Å². The fourth-order valence-corrected chi connectivity index (χ4v) is 7.25. The number of carbonyl (C=O) groups is 2. The fourth-order valence-electron chi connectivity index (χ4n) is 7.25. The molecule has 2 aromatic carbocycles. The molecule has 0 bridgehead atoms. The minimum Gasteiger partial charge on any atom is -0.490 e. The van der Waals surface area contributed by atoms with Gasteiger partial charge in [-0.3, -0.25) is 9.59 Å².